The normalized spacial score (nSPS) is 23.6. The van der Waals surface area contributed by atoms with Crippen LogP contribution in [-0.2, 0) is 16.0 Å². The van der Waals surface area contributed by atoms with Gasteiger partial charge in [-0.3, -0.25) is 0 Å². The van der Waals surface area contributed by atoms with E-state index in [1.807, 2.05) is 25.1 Å². The van der Waals surface area contributed by atoms with E-state index < -0.39 is 0 Å². The van der Waals surface area contributed by atoms with Crippen molar-refractivity contribution in [3.8, 4) is 0 Å². The van der Waals surface area contributed by atoms with E-state index in [1.54, 1.807) is 0 Å². The minimum absolute atomic E-state index is 0.0337. The van der Waals surface area contributed by atoms with E-state index in [0.29, 0.717) is 0 Å². The summed E-state index contributed by atoms with van der Waals surface area (Å²) in [6.07, 6.45) is 3.12. The number of aryl methyl sites for hydroxylation is 1. The zero-order valence-corrected chi connectivity index (χ0v) is 9.32. The topological polar surface area (TPSA) is 26.3 Å². The van der Waals surface area contributed by atoms with Gasteiger partial charge in [-0.05, 0) is 42.9 Å². The number of hydrogen-bond acceptors (Lipinski definition) is 2. The second kappa shape index (κ2) is 3.48. The first kappa shape index (κ1) is 9.64. The highest BCUT2D eigenvalue weighted by molar-refractivity contribution is 6.20. The molecule has 0 fully saturated rings. The van der Waals surface area contributed by atoms with E-state index in [9.17, 15) is 4.79 Å². The summed E-state index contributed by atoms with van der Waals surface area (Å²) >= 11 is 0. The van der Waals surface area contributed by atoms with Crippen LogP contribution in [0.5, 0.6) is 0 Å². The van der Waals surface area contributed by atoms with Crippen molar-refractivity contribution in [1.82, 2.24) is 0 Å². The van der Waals surface area contributed by atoms with Crippen LogP contribution in [0.1, 0.15) is 30.9 Å². The molecule has 82 valence electrons. The van der Waals surface area contributed by atoms with Crippen molar-refractivity contribution in [2.45, 2.75) is 32.3 Å². The Labute approximate surface area is 94.9 Å². The molecule has 1 atom stereocenters. The molecule has 16 heavy (non-hydrogen) atoms. The highest BCUT2D eigenvalue weighted by Crippen LogP contribution is 2.37. The molecule has 1 aromatic carbocycles. The Morgan fingerprint density at radius 2 is 2.06 bits per heavy atom. The van der Waals surface area contributed by atoms with Gasteiger partial charge in [0.05, 0.1) is 5.57 Å². The van der Waals surface area contributed by atoms with Crippen molar-refractivity contribution in [1.29, 1.82) is 0 Å². The molecule has 0 radical (unpaired) electrons. The average molecular weight is 214 g/mol. The van der Waals surface area contributed by atoms with E-state index in [-0.39, 0.29) is 12.1 Å². The number of hydrogen-bond donors (Lipinski definition) is 0. The van der Waals surface area contributed by atoms with E-state index in [0.717, 1.165) is 30.4 Å². The van der Waals surface area contributed by atoms with Crippen molar-refractivity contribution in [3.63, 3.8) is 0 Å². The summed E-state index contributed by atoms with van der Waals surface area (Å²) in [6.45, 7) is 1.97. The molecular weight excluding hydrogens is 200 g/mol. The SMILES string of the molecule is CC1OC(=O)C2=C1CCCc1ccccc12. The van der Waals surface area contributed by atoms with Crippen molar-refractivity contribution in [3.05, 3.63) is 41.0 Å². The number of ether oxygens (including phenoxy) is 1. The number of carbonyl (C=O) groups excluding carboxylic acids is 1. The van der Waals surface area contributed by atoms with Gasteiger partial charge in [0.15, 0.2) is 0 Å². The molecule has 0 bridgehead atoms. The Morgan fingerprint density at radius 3 is 2.94 bits per heavy atom. The van der Waals surface area contributed by atoms with E-state index in [4.69, 9.17) is 4.74 Å². The highest BCUT2D eigenvalue weighted by Gasteiger charge is 2.33. The molecule has 2 nitrogen and oxygen atoms in total. The molecule has 0 saturated heterocycles. The third kappa shape index (κ3) is 1.29. The zero-order chi connectivity index (χ0) is 11.1. The summed E-state index contributed by atoms with van der Waals surface area (Å²) in [4.78, 5) is 11.9. The van der Waals surface area contributed by atoms with Crippen LogP contribution >= 0.6 is 0 Å². The Morgan fingerprint density at radius 1 is 1.25 bits per heavy atom. The van der Waals surface area contributed by atoms with Crippen molar-refractivity contribution in [2.75, 3.05) is 0 Å². The second-order valence-corrected chi connectivity index (χ2v) is 4.46. The lowest BCUT2D eigenvalue weighted by Crippen LogP contribution is -2.07. The maximum absolute atomic E-state index is 11.9. The third-order valence-corrected chi connectivity index (χ3v) is 3.48. The van der Waals surface area contributed by atoms with Crippen LogP contribution in [-0.4, -0.2) is 12.1 Å². The van der Waals surface area contributed by atoms with Gasteiger partial charge in [0, 0.05) is 0 Å². The third-order valence-electron chi connectivity index (χ3n) is 3.48. The fourth-order valence-corrected chi connectivity index (χ4v) is 2.69. The minimum atomic E-state index is -0.142. The molecule has 1 aliphatic heterocycles. The smallest absolute Gasteiger partial charge is 0.339 e. The lowest BCUT2D eigenvalue weighted by molar-refractivity contribution is -0.137. The maximum Gasteiger partial charge on any atom is 0.339 e. The van der Waals surface area contributed by atoms with Gasteiger partial charge in [0.1, 0.15) is 6.10 Å². The molecule has 1 aromatic rings. The number of benzene rings is 1. The fraction of sp³-hybridized carbons (Fsp3) is 0.357. The predicted molar refractivity (Wildman–Crippen MR) is 61.9 cm³/mol. The zero-order valence-electron chi connectivity index (χ0n) is 9.32. The summed E-state index contributed by atoms with van der Waals surface area (Å²) in [6, 6.07) is 8.18. The van der Waals surface area contributed by atoms with E-state index in [2.05, 4.69) is 6.07 Å². The minimum Gasteiger partial charge on any atom is -0.454 e. The van der Waals surface area contributed by atoms with Crippen LogP contribution in [0.25, 0.3) is 5.57 Å². The molecule has 3 rings (SSSR count). The monoisotopic (exact) mass is 214 g/mol. The molecule has 0 spiro atoms. The summed E-state index contributed by atoms with van der Waals surface area (Å²) in [7, 11) is 0. The van der Waals surface area contributed by atoms with Crippen LogP contribution in [0.2, 0.25) is 0 Å². The molecule has 1 heterocycles. The molecule has 1 aliphatic carbocycles. The van der Waals surface area contributed by atoms with Crippen LogP contribution in [0.4, 0.5) is 0 Å². The highest BCUT2D eigenvalue weighted by atomic mass is 16.5. The molecule has 0 amide bonds. The number of carbonyl (C=O) groups is 1. The Kier molecular flexibility index (Phi) is 2.10. The number of cyclic esters (lactones) is 1. The quantitative estimate of drug-likeness (QED) is 0.621. The van der Waals surface area contributed by atoms with E-state index in [1.165, 1.54) is 11.1 Å². The van der Waals surface area contributed by atoms with Crippen molar-refractivity contribution < 1.29 is 9.53 Å². The lowest BCUT2D eigenvalue weighted by Gasteiger charge is -2.07. The Balaban J connectivity index is 2.22. The van der Waals surface area contributed by atoms with Gasteiger partial charge in [0.2, 0.25) is 0 Å². The van der Waals surface area contributed by atoms with E-state index >= 15 is 0 Å². The molecule has 0 N–H and O–H groups in total. The largest absolute Gasteiger partial charge is 0.454 e. The molecule has 0 aromatic heterocycles. The standard InChI is InChI=1S/C14H14O2/c1-9-11-8-4-6-10-5-2-3-7-12(10)13(11)14(15)16-9/h2-3,5,7,9H,4,6,8H2,1H3. The Bertz CT molecular complexity index is 485. The average Bonchev–Trinajstić information content (AvgIpc) is 2.49. The van der Waals surface area contributed by atoms with Gasteiger partial charge in [-0.25, -0.2) is 4.79 Å². The van der Waals surface area contributed by atoms with Crippen molar-refractivity contribution >= 4 is 11.5 Å². The summed E-state index contributed by atoms with van der Waals surface area (Å²) in [5.41, 5.74) is 4.39. The van der Waals surface area contributed by atoms with Gasteiger partial charge in [0.25, 0.3) is 0 Å². The number of rotatable bonds is 0. The van der Waals surface area contributed by atoms with Gasteiger partial charge in [-0.2, -0.15) is 0 Å². The first-order valence-electron chi connectivity index (χ1n) is 5.79. The van der Waals surface area contributed by atoms with Gasteiger partial charge < -0.3 is 4.74 Å². The molecule has 1 unspecified atom stereocenters. The molecule has 2 aliphatic rings. The Hall–Kier alpha value is -1.57. The number of fused-ring (bicyclic) bond motifs is 2. The van der Waals surface area contributed by atoms with Crippen LogP contribution in [0, 0.1) is 0 Å². The van der Waals surface area contributed by atoms with Crippen LogP contribution < -0.4 is 0 Å². The first-order chi connectivity index (χ1) is 7.77. The van der Waals surface area contributed by atoms with Gasteiger partial charge in [-0.15, -0.1) is 0 Å². The van der Waals surface area contributed by atoms with Crippen LogP contribution in [0.15, 0.2) is 29.8 Å². The number of esters is 1. The van der Waals surface area contributed by atoms with Crippen LogP contribution in [0.3, 0.4) is 0 Å². The first-order valence-corrected chi connectivity index (χ1v) is 5.79. The fourth-order valence-electron chi connectivity index (χ4n) is 2.69. The maximum atomic E-state index is 11.9. The summed E-state index contributed by atoms with van der Waals surface area (Å²) < 4.78 is 5.31. The van der Waals surface area contributed by atoms with Gasteiger partial charge in [-0.1, -0.05) is 24.3 Å². The summed E-state index contributed by atoms with van der Waals surface area (Å²) in [5, 5.41) is 0. The second-order valence-electron chi connectivity index (χ2n) is 4.46. The lowest BCUT2D eigenvalue weighted by atomic mass is 9.97. The molecular formula is C14H14O2. The van der Waals surface area contributed by atoms with Crippen molar-refractivity contribution in [2.24, 2.45) is 0 Å². The van der Waals surface area contributed by atoms with Gasteiger partial charge >= 0.3 is 5.97 Å². The molecule has 2 heteroatoms. The summed E-state index contributed by atoms with van der Waals surface area (Å²) in [5.74, 6) is -0.142. The predicted octanol–water partition coefficient (Wildman–Crippen LogP) is 2.72. The molecule has 0 saturated carbocycles.